The van der Waals surface area contributed by atoms with Crippen molar-refractivity contribution in [2.24, 2.45) is 0 Å². The van der Waals surface area contributed by atoms with Crippen molar-refractivity contribution in [1.29, 1.82) is 0 Å². The lowest BCUT2D eigenvalue weighted by Crippen LogP contribution is -2.17. The number of anilines is 1. The van der Waals surface area contributed by atoms with Crippen molar-refractivity contribution in [2.45, 2.75) is 9.79 Å². The van der Waals surface area contributed by atoms with Gasteiger partial charge in [-0.15, -0.1) is 0 Å². The largest absolute Gasteiger partial charge is 0.376 e. The molecule has 0 fully saturated rings. The fourth-order valence-electron chi connectivity index (χ4n) is 1.54. The quantitative estimate of drug-likeness (QED) is 0.807. The van der Waals surface area contributed by atoms with Gasteiger partial charge in [0.2, 0.25) is 0 Å². The zero-order valence-electron chi connectivity index (χ0n) is 10.1. The molecule has 96 valence electrons. The van der Waals surface area contributed by atoms with Gasteiger partial charge in [-0.05, 0) is 12.1 Å². The van der Waals surface area contributed by atoms with E-state index >= 15 is 0 Å². The van der Waals surface area contributed by atoms with E-state index in [9.17, 15) is 16.8 Å². The second-order valence-corrected chi connectivity index (χ2v) is 8.01. The maximum Gasteiger partial charge on any atom is 0.177 e. The maximum absolute atomic E-state index is 11.6. The smallest absolute Gasteiger partial charge is 0.177 e. The minimum atomic E-state index is -3.47. The number of nitrogens with zero attached hydrogens (tertiary/aromatic N) is 1. The van der Waals surface area contributed by atoms with Gasteiger partial charge in [-0.3, -0.25) is 0 Å². The van der Waals surface area contributed by atoms with Crippen LogP contribution in [0.5, 0.6) is 0 Å². The van der Waals surface area contributed by atoms with Gasteiger partial charge >= 0.3 is 0 Å². The van der Waals surface area contributed by atoms with Crippen molar-refractivity contribution in [2.75, 3.05) is 31.5 Å². The van der Waals surface area contributed by atoms with Crippen LogP contribution >= 0.6 is 0 Å². The van der Waals surface area contributed by atoms with E-state index in [2.05, 4.69) is 0 Å². The van der Waals surface area contributed by atoms with E-state index in [1.807, 2.05) is 0 Å². The predicted molar refractivity (Wildman–Crippen MR) is 67.0 cm³/mol. The standard InChI is InChI=1S/C10H15NO4S2/c1-11(2)10-8(16(3,12)13)6-5-7-9(10)17(4,14)15/h5-7H,1-4H3. The van der Waals surface area contributed by atoms with Crippen LogP contribution in [0.4, 0.5) is 5.69 Å². The molecule has 0 unspecified atom stereocenters. The molecule has 0 saturated heterocycles. The average molecular weight is 277 g/mol. The lowest BCUT2D eigenvalue weighted by atomic mass is 10.3. The Morgan fingerprint density at radius 1 is 0.882 bits per heavy atom. The summed E-state index contributed by atoms with van der Waals surface area (Å²) in [7, 11) is -3.72. The molecule has 5 nitrogen and oxygen atoms in total. The molecule has 0 amide bonds. The molecule has 0 heterocycles. The van der Waals surface area contributed by atoms with E-state index in [-0.39, 0.29) is 15.5 Å². The first-order valence-electron chi connectivity index (χ1n) is 4.75. The van der Waals surface area contributed by atoms with Gasteiger partial charge in [0.05, 0.1) is 15.5 Å². The first kappa shape index (κ1) is 14.0. The Bertz CT molecular complexity index is 580. The summed E-state index contributed by atoms with van der Waals surface area (Å²) in [5.41, 5.74) is 0.206. The van der Waals surface area contributed by atoms with Gasteiger partial charge in [0.1, 0.15) is 0 Å². The minimum Gasteiger partial charge on any atom is -0.376 e. The normalized spacial score (nSPS) is 12.5. The third kappa shape index (κ3) is 2.98. The van der Waals surface area contributed by atoms with E-state index < -0.39 is 19.7 Å². The van der Waals surface area contributed by atoms with Crippen molar-refractivity contribution in [3.63, 3.8) is 0 Å². The Labute approximate surface area is 102 Å². The van der Waals surface area contributed by atoms with Crippen LogP contribution in [0.25, 0.3) is 0 Å². The molecule has 0 radical (unpaired) electrons. The summed E-state index contributed by atoms with van der Waals surface area (Å²) in [4.78, 5) is 1.53. The van der Waals surface area contributed by atoms with Gasteiger partial charge in [-0.25, -0.2) is 16.8 Å². The zero-order valence-corrected chi connectivity index (χ0v) is 11.8. The Hall–Kier alpha value is -1.08. The summed E-state index contributed by atoms with van der Waals surface area (Å²) in [5, 5.41) is 0. The molecule has 0 aliphatic rings. The highest BCUT2D eigenvalue weighted by Crippen LogP contribution is 2.31. The van der Waals surface area contributed by atoms with Crippen LogP contribution in [0.1, 0.15) is 0 Å². The van der Waals surface area contributed by atoms with E-state index in [1.165, 1.54) is 23.1 Å². The second kappa shape index (κ2) is 4.30. The van der Waals surface area contributed by atoms with E-state index in [4.69, 9.17) is 0 Å². The molecule has 1 aromatic rings. The predicted octanol–water partition coefficient (Wildman–Crippen LogP) is 0.560. The lowest BCUT2D eigenvalue weighted by Gasteiger charge is -2.19. The summed E-state index contributed by atoms with van der Waals surface area (Å²) in [6, 6.07) is 4.23. The van der Waals surface area contributed by atoms with Gasteiger partial charge in [0, 0.05) is 26.6 Å². The van der Waals surface area contributed by atoms with Crippen molar-refractivity contribution in [3.8, 4) is 0 Å². The zero-order chi connectivity index (χ0) is 13.4. The molecule has 7 heteroatoms. The Kier molecular flexibility index (Phi) is 3.54. The van der Waals surface area contributed by atoms with Crippen molar-refractivity contribution < 1.29 is 16.8 Å². The van der Waals surface area contributed by atoms with Gasteiger partial charge in [0.25, 0.3) is 0 Å². The molecule has 0 spiro atoms. The lowest BCUT2D eigenvalue weighted by molar-refractivity contribution is 0.600. The molecule has 1 rings (SSSR count). The molecule has 0 aromatic heterocycles. The van der Waals surface area contributed by atoms with Crippen molar-refractivity contribution in [3.05, 3.63) is 18.2 Å². The molecule has 0 N–H and O–H groups in total. The summed E-state index contributed by atoms with van der Waals surface area (Å²) >= 11 is 0. The van der Waals surface area contributed by atoms with Crippen LogP contribution in [-0.2, 0) is 19.7 Å². The van der Waals surface area contributed by atoms with E-state index in [1.54, 1.807) is 14.1 Å². The second-order valence-electron chi connectivity index (χ2n) is 4.04. The molecular formula is C10H15NO4S2. The summed E-state index contributed by atoms with van der Waals surface area (Å²) in [6.07, 6.45) is 2.11. The fourth-order valence-corrected chi connectivity index (χ4v) is 3.55. The summed E-state index contributed by atoms with van der Waals surface area (Å²) in [6.45, 7) is 0. The van der Waals surface area contributed by atoms with Crippen molar-refractivity contribution >= 4 is 25.4 Å². The van der Waals surface area contributed by atoms with Crippen LogP contribution in [0.3, 0.4) is 0 Å². The number of hydrogen-bond donors (Lipinski definition) is 0. The van der Waals surface area contributed by atoms with Gasteiger partial charge in [-0.2, -0.15) is 0 Å². The Balaban J connectivity index is 3.80. The molecular weight excluding hydrogens is 262 g/mol. The molecule has 1 aromatic carbocycles. The molecule has 0 bridgehead atoms. The average Bonchev–Trinajstić information content (AvgIpc) is 2.13. The number of para-hydroxylation sites is 1. The number of rotatable bonds is 3. The molecule has 0 atom stereocenters. The third-order valence-corrected chi connectivity index (χ3v) is 4.46. The summed E-state index contributed by atoms with van der Waals surface area (Å²) < 4.78 is 46.5. The number of sulfone groups is 2. The van der Waals surface area contributed by atoms with Crippen molar-refractivity contribution in [1.82, 2.24) is 0 Å². The fraction of sp³-hybridized carbons (Fsp3) is 0.400. The van der Waals surface area contributed by atoms with E-state index in [0.29, 0.717) is 0 Å². The Morgan fingerprint density at radius 3 is 1.47 bits per heavy atom. The highest BCUT2D eigenvalue weighted by molar-refractivity contribution is 7.91. The number of benzene rings is 1. The minimum absolute atomic E-state index is 0.0189. The highest BCUT2D eigenvalue weighted by Gasteiger charge is 2.22. The van der Waals surface area contributed by atoms with Crippen LogP contribution in [0.2, 0.25) is 0 Å². The third-order valence-electron chi connectivity index (χ3n) is 2.21. The van der Waals surface area contributed by atoms with Crippen LogP contribution < -0.4 is 4.90 Å². The molecule has 0 saturated carbocycles. The topological polar surface area (TPSA) is 71.5 Å². The Morgan fingerprint density at radius 2 is 1.24 bits per heavy atom. The van der Waals surface area contributed by atoms with Gasteiger partial charge in [0.15, 0.2) is 19.7 Å². The van der Waals surface area contributed by atoms with Crippen LogP contribution in [0.15, 0.2) is 28.0 Å². The molecule has 0 aliphatic carbocycles. The number of hydrogen-bond acceptors (Lipinski definition) is 5. The molecule has 0 aliphatic heterocycles. The van der Waals surface area contributed by atoms with E-state index in [0.717, 1.165) is 12.5 Å². The summed E-state index contributed by atoms with van der Waals surface area (Å²) in [5.74, 6) is 0. The van der Waals surface area contributed by atoms with Gasteiger partial charge < -0.3 is 4.90 Å². The van der Waals surface area contributed by atoms with Gasteiger partial charge in [-0.1, -0.05) is 6.07 Å². The van der Waals surface area contributed by atoms with Crippen LogP contribution in [-0.4, -0.2) is 43.4 Å². The van der Waals surface area contributed by atoms with Crippen LogP contribution in [0, 0.1) is 0 Å². The highest BCUT2D eigenvalue weighted by atomic mass is 32.2. The molecule has 17 heavy (non-hydrogen) atoms. The SMILES string of the molecule is CN(C)c1c(S(C)(=O)=O)cccc1S(C)(=O)=O. The maximum atomic E-state index is 11.6. The first-order valence-corrected chi connectivity index (χ1v) is 8.54. The monoisotopic (exact) mass is 277 g/mol. The first-order chi connectivity index (χ1) is 7.55.